The molecule has 5 heteroatoms. The van der Waals surface area contributed by atoms with Crippen LogP contribution in [0.1, 0.15) is 24.5 Å². The first-order valence-corrected chi connectivity index (χ1v) is 7.23. The summed E-state index contributed by atoms with van der Waals surface area (Å²) in [6.07, 6.45) is 6.89. The summed E-state index contributed by atoms with van der Waals surface area (Å²) in [6.45, 7) is 2.70. The Morgan fingerprint density at radius 2 is 2.05 bits per heavy atom. The number of aliphatic hydroxyl groups is 1. The van der Waals surface area contributed by atoms with Crippen LogP contribution in [0.2, 0.25) is 5.02 Å². The zero-order chi connectivity index (χ0) is 14.2. The topological polar surface area (TPSA) is 50.1 Å². The fourth-order valence-corrected chi connectivity index (χ4v) is 2.15. The summed E-state index contributed by atoms with van der Waals surface area (Å²) in [5, 5.41) is 14.1. The third-order valence-electron chi connectivity index (χ3n) is 3.18. The van der Waals surface area contributed by atoms with Gasteiger partial charge in [0.05, 0.1) is 12.4 Å². The summed E-state index contributed by atoms with van der Waals surface area (Å²) in [4.78, 5) is 4.00. The fraction of sp³-hybridized carbons (Fsp3) is 0.400. The SMILES string of the molecule is OC(CCNCCCn1ccnc1)c1ccc(Cl)cc1. The van der Waals surface area contributed by atoms with Crippen LogP contribution in [-0.4, -0.2) is 27.7 Å². The number of hydrogen-bond acceptors (Lipinski definition) is 3. The first-order chi connectivity index (χ1) is 9.75. The van der Waals surface area contributed by atoms with E-state index in [4.69, 9.17) is 11.6 Å². The van der Waals surface area contributed by atoms with Crippen LogP contribution in [0.25, 0.3) is 0 Å². The van der Waals surface area contributed by atoms with Crippen molar-refractivity contribution < 1.29 is 5.11 Å². The zero-order valence-electron chi connectivity index (χ0n) is 11.4. The van der Waals surface area contributed by atoms with Gasteiger partial charge in [-0.2, -0.15) is 0 Å². The zero-order valence-corrected chi connectivity index (χ0v) is 12.1. The lowest BCUT2D eigenvalue weighted by Crippen LogP contribution is -2.20. The van der Waals surface area contributed by atoms with Crippen LogP contribution in [0.5, 0.6) is 0 Å². The lowest BCUT2D eigenvalue weighted by atomic mass is 10.1. The molecule has 1 aromatic carbocycles. The Kier molecular flexibility index (Phi) is 6.05. The van der Waals surface area contributed by atoms with Gasteiger partial charge in [0.2, 0.25) is 0 Å². The molecule has 1 unspecified atom stereocenters. The monoisotopic (exact) mass is 293 g/mol. The number of nitrogens with one attached hydrogen (secondary N) is 1. The lowest BCUT2D eigenvalue weighted by molar-refractivity contribution is 0.167. The third-order valence-corrected chi connectivity index (χ3v) is 3.43. The molecule has 1 heterocycles. The molecule has 0 saturated heterocycles. The van der Waals surface area contributed by atoms with Crippen LogP contribution in [0.3, 0.4) is 0 Å². The van der Waals surface area contributed by atoms with Crippen molar-refractivity contribution in [2.45, 2.75) is 25.5 Å². The maximum absolute atomic E-state index is 10.0. The first kappa shape index (κ1) is 15.0. The van der Waals surface area contributed by atoms with Gasteiger partial charge >= 0.3 is 0 Å². The highest BCUT2D eigenvalue weighted by molar-refractivity contribution is 6.30. The molecule has 0 fully saturated rings. The highest BCUT2D eigenvalue weighted by Crippen LogP contribution is 2.18. The number of nitrogens with zero attached hydrogens (tertiary/aromatic N) is 2. The molecule has 0 radical (unpaired) electrons. The highest BCUT2D eigenvalue weighted by Gasteiger charge is 2.06. The van der Waals surface area contributed by atoms with E-state index in [1.807, 2.05) is 24.7 Å². The van der Waals surface area contributed by atoms with Gasteiger partial charge in [0, 0.05) is 24.0 Å². The number of rotatable bonds is 8. The summed E-state index contributed by atoms with van der Waals surface area (Å²) in [7, 11) is 0. The Labute approximate surface area is 124 Å². The van der Waals surface area contributed by atoms with Crippen LogP contribution in [0.15, 0.2) is 43.0 Å². The molecule has 2 rings (SSSR count). The maximum atomic E-state index is 10.0. The molecule has 0 amide bonds. The summed E-state index contributed by atoms with van der Waals surface area (Å²) in [6, 6.07) is 7.34. The summed E-state index contributed by atoms with van der Waals surface area (Å²) in [5.74, 6) is 0. The highest BCUT2D eigenvalue weighted by atomic mass is 35.5. The van der Waals surface area contributed by atoms with Gasteiger partial charge in [-0.3, -0.25) is 0 Å². The molecular formula is C15H20ClN3O. The summed E-state index contributed by atoms with van der Waals surface area (Å²) in [5.41, 5.74) is 0.912. The number of hydrogen-bond donors (Lipinski definition) is 2. The van der Waals surface area contributed by atoms with Crippen molar-refractivity contribution in [3.8, 4) is 0 Å². The van der Waals surface area contributed by atoms with E-state index < -0.39 is 6.10 Å². The van der Waals surface area contributed by atoms with Crippen molar-refractivity contribution in [2.75, 3.05) is 13.1 Å². The largest absolute Gasteiger partial charge is 0.388 e. The second-order valence-electron chi connectivity index (χ2n) is 4.76. The van der Waals surface area contributed by atoms with Crippen LogP contribution in [0.4, 0.5) is 0 Å². The molecule has 0 bridgehead atoms. The molecule has 2 aromatic rings. The van der Waals surface area contributed by atoms with Gasteiger partial charge in [-0.1, -0.05) is 23.7 Å². The Bertz CT molecular complexity index is 484. The average Bonchev–Trinajstić information content (AvgIpc) is 2.96. The molecule has 20 heavy (non-hydrogen) atoms. The number of halogens is 1. The second-order valence-corrected chi connectivity index (χ2v) is 5.20. The van der Waals surface area contributed by atoms with E-state index >= 15 is 0 Å². The first-order valence-electron chi connectivity index (χ1n) is 6.85. The molecule has 0 spiro atoms. The van der Waals surface area contributed by atoms with Crippen molar-refractivity contribution in [3.63, 3.8) is 0 Å². The predicted octanol–water partition coefficient (Wildman–Crippen LogP) is 2.64. The Balaban J connectivity index is 1.57. The van der Waals surface area contributed by atoms with Gasteiger partial charge < -0.3 is 15.0 Å². The van der Waals surface area contributed by atoms with Crippen LogP contribution in [0, 0.1) is 0 Å². The van der Waals surface area contributed by atoms with Crippen LogP contribution in [-0.2, 0) is 6.54 Å². The number of aliphatic hydroxyl groups excluding tert-OH is 1. The molecule has 0 aliphatic carbocycles. The van der Waals surface area contributed by atoms with Crippen molar-refractivity contribution >= 4 is 11.6 Å². The summed E-state index contributed by atoms with van der Waals surface area (Å²) < 4.78 is 2.06. The third kappa shape index (κ3) is 4.96. The van der Waals surface area contributed by atoms with Gasteiger partial charge in [-0.05, 0) is 43.6 Å². The molecule has 0 saturated carbocycles. The lowest BCUT2D eigenvalue weighted by Gasteiger charge is -2.11. The van der Waals surface area contributed by atoms with E-state index in [1.54, 1.807) is 18.3 Å². The van der Waals surface area contributed by atoms with Gasteiger partial charge in [0.15, 0.2) is 0 Å². The normalized spacial score (nSPS) is 12.5. The van der Waals surface area contributed by atoms with E-state index in [1.165, 1.54) is 0 Å². The minimum atomic E-state index is -0.437. The molecule has 108 valence electrons. The molecular weight excluding hydrogens is 274 g/mol. The van der Waals surface area contributed by atoms with Gasteiger partial charge in [0.25, 0.3) is 0 Å². The van der Waals surface area contributed by atoms with Gasteiger partial charge in [0.1, 0.15) is 0 Å². The van der Waals surface area contributed by atoms with Crippen molar-refractivity contribution in [3.05, 3.63) is 53.6 Å². The molecule has 0 aliphatic heterocycles. The number of aryl methyl sites for hydroxylation is 1. The molecule has 0 aliphatic rings. The standard InChI is InChI=1S/C15H20ClN3O/c16-14-4-2-13(3-5-14)15(20)6-8-17-7-1-10-19-11-9-18-12-19/h2-5,9,11-12,15,17,20H,1,6-8,10H2. The smallest absolute Gasteiger partial charge is 0.0945 e. The minimum Gasteiger partial charge on any atom is -0.388 e. The van der Waals surface area contributed by atoms with E-state index in [9.17, 15) is 5.11 Å². The number of aromatic nitrogens is 2. The maximum Gasteiger partial charge on any atom is 0.0945 e. The molecule has 1 atom stereocenters. The van der Waals surface area contributed by atoms with E-state index in [0.717, 1.165) is 31.6 Å². The molecule has 2 N–H and O–H groups in total. The number of benzene rings is 1. The molecule has 1 aromatic heterocycles. The minimum absolute atomic E-state index is 0.437. The quantitative estimate of drug-likeness (QED) is 0.736. The van der Waals surface area contributed by atoms with E-state index in [0.29, 0.717) is 11.4 Å². The van der Waals surface area contributed by atoms with Gasteiger partial charge in [-0.15, -0.1) is 0 Å². The summed E-state index contributed by atoms with van der Waals surface area (Å²) >= 11 is 5.82. The number of imidazole rings is 1. The van der Waals surface area contributed by atoms with E-state index in [2.05, 4.69) is 14.9 Å². The van der Waals surface area contributed by atoms with E-state index in [-0.39, 0.29) is 0 Å². The van der Waals surface area contributed by atoms with Crippen LogP contribution < -0.4 is 5.32 Å². The Hall–Kier alpha value is -1.36. The fourth-order valence-electron chi connectivity index (χ4n) is 2.02. The van der Waals surface area contributed by atoms with Crippen molar-refractivity contribution in [1.29, 1.82) is 0 Å². The predicted molar refractivity (Wildman–Crippen MR) is 80.7 cm³/mol. The Morgan fingerprint density at radius 3 is 2.75 bits per heavy atom. The van der Waals surface area contributed by atoms with Crippen molar-refractivity contribution in [1.82, 2.24) is 14.9 Å². The van der Waals surface area contributed by atoms with Crippen molar-refractivity contribution in [2.24, 2.45) is 0 Å². The Morgan fingerprint density at radius 1 is 1.25 bits per heavy atom. The molecule has 4 nitrogen and oxygen atoms in total. The second kappa shape index (κ2) is 8.04. The van der Waals surface area contributed by atoms with Gasteiger partial charge in [-0.25, -0.2) is 4.98 Å². The van der Waals surface area contributed by atoms with Crippen LogP contribution >= 0.6 is 11.6 Å². The average molecular weight is 294 g/mol.